The molecule has 0 spiro atoms. The minimum atomic E-state index is -3.60. The van der Waals surface area contributed by atoms with E-state index in [2.05, 4.69) is 15.5 Å². The van der Waals surface area contributed by atoms with Gasteiger partial charge in [-0.2, -0.15) is 4.31 Å². The zero-order chi connectivity index (χ0) is 23.3. The molecule has 0 saturated carbocycles. The zero-order valence-electron chi connectivity index (χ0n) is 18.2. The molecule has 0 fully saturated rings. The number of nitrogens with zero attached hydrogens (tertiary/aromatic N) is 3. The maximum atomic E-state index is 12.6. The number of methoxy groups -OCH3 is 2. The van der Waals surface area contributed by atoms with Gasteiger partial charge in [0.05, 0.1) is 24.7 Å². The van der Waals surface area contributed by atoms with Gasteiger partial charge in [0.25, 0.3) is 11.8 Å². The summed E-state index contributed by atoms with van der Waals surface area (Å²) < 4.78 is 42.5. The van der Waals surface area contributed by atoms with Crippen molar-refractivity contribution in [3.8, 4) is 23.0 Å². The summed E-state index contributed by atoms with van der Waals surface area (Å²) in [7, 11) is -0.558. The fourth-order valence-electron chi connectivity index (χ4n) is 3.02. The van der Waals surface area contributed by atoms with E-state index in [1.165, 1.54) is 35.7 Å². The van der Waals surface area contributed by atoms with Crippen molar-refractivity contribution in [1.82, 2.24) is 14.5 Å². The van der Waals surface area contributed by atoms with Crippen LogP contribution >= 0.6 is 0 Å². The molecule has 0 aliphatic carbocycles. The first-order valence-electron chi connectivity index (χ1n) is 9.81. The summed E-state index contributed by atoms with van der Waals surface area (Å²) in [6, 6.07) is 10.6. The van der Waals surface area contributed by atoms with Gasteiger partial charge in [-0.1, -0.05) is 18.9 Å². The van der Waals surface area contributed by atoms with Gasteiger partial charge in [0.1, 0.15) is 11.5 Å². The SMILES string of the molecule is CCN(CC)S(=O)(=O)c1ccc(C(=O)Nc2nnc(-c3ccc(OC)cc3OC)o2)cc1. The monoisotopic (exact) mass is 460 g/mol. The highest BCUT2D eigenvalue weighted by Crippen LogP contribution is 2.33. The summed E-state index contributed by atoms with van der Waals surface area (Å²) in [5.41, 5.74) is 0.775. The molecule has 170 valence electrons. The van der Waals surface area contributed by atoms with Gasteiger partial charge < -0.3 is 13.9 Å². The van der Waals surface area contributed by atoms with Crippen LogP contribution in [0.1, 0.15) is 24.2 Å². The lowest BCUT2D eigenvalue weighted by molar-refractivity contribution is 0.102. The number of hydrogen-bond acceptors (Lipinski definition) is 8. The molecular weight excluding hydrogens is 436 g/mol. The first-order valence-corrected chi connectivity index (χ1v) is 11.3. The van der Waals surface area contributed by atoms with Crippen molar-refractivity contribution < 1.29 is 27.1 Å². The van der Waals surface area contributed by atoms with E-state index in [0.717, 1.165) is 0 Å². The summed E-state index contributed by atoms with van der Waals surface area (Å²) >= 11 is 0. The lowest BCUT2D eigenvalue weighted by Gasteiger charge is -2.18. The van der Waals surface area contributed by atoms with E-state index >= 15 is 0 Å². The van der Waals surface area contributed by atoms with Crippen molar-refractivity contribution in [2.24, 2.45) is 0 Å². The fraction of sp³-hybridized carbons (Fsp3) is 0.286. The van der Waals surface area contributed by atoms with E-state index in [-0.39, 0.29) is 22.4 Å². The zero-order valence-corrected chi connectivity index (χ0v) is 19.0. The fourth-order valence-corrected chi connectivity index (χ4v) is 4.48. The second-order valence-electron chi connectivity index (χ2n) is 6.55. The molecule has 0 radical (unpaired) electrons. The average molecular weight is 461 g/mol. The number of ether oxygens (including phenoxy) is 2. The van der Waals surface area contributed by atoms with Crippen LogP contribution in [0.5, 0.6) is 11.5 Å². The molecule has 0 unspecified atom stereocenters. The molecule has 1 heterocycles. The molecule has 1 N–H and O–H groups in total. The summed E-state index contributed by atoms with van der Waals surface area (Å²) in [5.74, 6) is 0.704. The number of anilines is 1. The van der Waals surface area contributed by atoms with E-state index in [4.69, 9.17) is 13.9 Å². The van der Waals surface area contributed by atoms with Crippen LogP contribution in [0.25, 0.3) is 11.5 Å². The minimum Gasteiger partial charge on any atom is -0.497 e. The predicted molar refractivity (Wildman–Crippen MR) is 117 cm³/mol. The maximum Gasteiger partial charge on any atom is 0.322 e. The molecule has 3 aromatic rings. The third kappa shape index (κ3) is 4.73. The molecule has 0 aliphatic rings. The molecule has 1 aromatic heterocycles. The molecule has 3 rings (SSSR count). The van der Waals surface area contributed by atoms with E-state index in [9.17, 15) is 13.2 Å². The molecule has 10 nitrogen and oxygen atoms in total. The Morgan fingerprint density at radius 1 is 1.03 bits per heavy atom. The topological polar surface area (TPSA) is 124 Å². The van der Waals surface area contributed by atoms with Crippen LogP contribution in [0.2, 0.25) is 0 Å². The summed E-state index contributed by atoms with van der Waals surface area (Å²) in [6.07, 6.45) is 0. The number of amides is 1. The standard InChI is InChI=1S/C21H24N4O6S/c1-5-25(6-2)32(27,28)16-10-7-14(8-11-16)19(26)22-21-24-23-20(31-21)17-12-9-15(29-3)13-18(17)30-4/h7-13H,5-6H2,1-4H3,(H,22,24,26). The Bertz CT molecular complexity index is 1190. The van der Waals surface area contributed by atoms with Crippen LogP contribution in [0.3, 0.4) is 0 Å². The van der Waals surface area contributed by atoms with Crippen molar-refractivity contribution in [3.05, 3.63) is 48.0 Å². The van der Waals surface area contributed by atoms with E-state index in [1.54, 1.807) is 39.2 Å². The molecule has 2 aromatic carbocycles. The Hall–Kier alpha value is -3.44. The lowest BCUT2D eigenvalue weighted by atomic mass is 10.2. The second kappa shape index (κ2) is 9.79. The second-order valence-corrected chi connectivity index (χ2v) is 8.48. The van der Waals surface area contributed by atoms with Crippen LogP contribution in [-0.2, 0) is 10.0 Å². The van der Waals surface area contributed by atoms with E-state index < -0.39 is 15.9 Å². The van der Waals surface area contributed by atoms with Crippen LogP contribution in [0.15, 0.2) is 51.8 Å². The third-order valence-electron chi connectivity index (χ3n) is 4.74. The normalized spacial score (nSPS) is 11.4. The van der Waals surface area contributed by atoms with Gasteiger partial charge in [-0.05, 0) is 36.4 Å². The third-order valence-corrected chi connectivity index (χ3v) is 6.81. The summed E-state index contributed by atoms with van der Waals surface area (Å²) in [5, 5.41) is 10.3. The highest BCUT2D eigenvalue weighted by atomic mass is 32.2. The highest BCUT2D eigenvalue weighted by molar-refractivity contribution is 7.89. The Morgan fingerprint density at radius 3 is 2.31 bits per heavy atom. The smallest absolute Gasteiger partial charge is 0.322 e. The van der Waals surface area contributed by atoms with Crippen molar-refractivity contribution in [3.63, 3.8) is 0 Å². The number of nitrogens with one attached hydrogen (secondary N) is 1. The average Bonchev–Trinajstić information content (AvgIpc) is 3.27. The number of aromatic nitrogens is 2. The number of carbonyl (C=O) groups excluding carboxylic acids is 1. The van der Waals surface area contributed by atoms with Gasteiger partial charge >= 0.3 is 6.01 Å². The highest BCUT2D eigenvalue weighted by Gasteiger charge is 2.22. The van der Waals surface area contributed by atoms with Crippen molar-refractivity contribution >= 4 is 21.9 Å². The van der Waals surface area contributed by atoms with Crippen LogP contribution in [0, 0.1) is 0 Å². The number of carbonyl (C=O) groups is 1. The Balaban J connectivity index is 1.76. The molecule has 1 amide bonds. The predicted octanol–water partition coefficient (Wildman–Crippen LogP) is 3.04. The van der Waals surface area contributed by atoms with E-state index in [1.807, 2.05) is 0 Å². The van der Waals surface area contributed by atoms with Gasteiger partial charge in [-0.15, -0.1) is 5.10 Å². The maximum absolute atomic E-state index is 12.6. The van der Waals surface area contributed by atoms with Gasteiger partial charge in [-0.3, -0.25) is 10.1 Å². The van der Waals surface area contributed by atoms with Gasteiger partial charge in [0, 0.05) is 24.7 Å². The van der Waals surface area contributed by atoms with Crippen molar-refractivity contribution in [2.45, 2.75) is 18.7 Å². The largest absolute Gasteiger partial charge is 0.497 e. The van der Waals surface area contributed by atoms with E-state index in [0.29, 0.717) is 30.2 Å². The minimum absolute atomic E-state index is 0.109. The van der Waals surface area contributed by atoms with Crippen LogP contribution in [0.4, 0.5) is 6.01 Å². The van der Waals surface area contributed by atoms with Crippen LogP contribution < -0.4 is 14.8 Å². The first-order chi connectivity index (χ1) is 15.3. The molecule has 0 bridgehead atoms. The number of sulfonamides is 1. The molecule has 32 heavy (non-hydrogen) atoms. The Kier molecular flexibility index (Phi) is 7.11. The Morgan fingerprint density at radius 2 is 1.72 bits per heavy atom. The number of hydrogen-bond donors (Lipinski definition) is 1. The lowest BCUT2D eigenvalue weighted by Crippen LogP contribution is -2.30. The molecular formula is C21H24N4O6S. The van der Waals surface area contributed by atoms with Crippen molar-refractivity contribution in [2.75, 3.05) is 32.6 Å². The molecule has 0 atom stereocenters. The first kappa shape index (κ1) is 23.2. The number of benzene rings is 2. The van der Waals surface area contributed by atoms with Crippen LogP contribution in [-0.4, -0.2) is 56.1 Å². The van der Waals surface area contributed by atoms with Crippen molar-refractivity contribution in [1.29, 1.82) is 0 Å². The summed E-state index contributed by atoms with van der Waals surface area (Å²) in [4.78, 5) is 12.6. The van der Waals surface area contributed by atoms with Gasteiger partial charge in [0.15, 0.2) is 0 Å². The molecule has 0 saturated heterocycles. The quantitative estimate of drug-likeness (QED) is 0.517. The molecule has 0 aliphatic heterocycles. The van der Waals surface area contributed by atoms with Gasteiger partial charge in [-0.25, -0.2) is 8.42 Å². The molecule has 11 heteroatoms. The Labute approximate surface area is 186 Å². The summed E-state index contributed by atoms with van der Waals surface area (Å²) in [6.45, 7) is 4.26. The number of rotatable bonds is 9. The van der Waals surface area contributed by atoms with Gasteiger partial charge in [0.2, 0.25) is 10.0 Å².